The normalized spacial score (nSPS) is 10.7. The van der Waals surface area contributed by atoms with Crippen LogP contribution in [0.25, 0.3) is 5.57 Å². The highest BCUT2D eigenvalue weighted by atomic mass is 16.6. The number of esters is 1. The minimum atomic E-state index is -0.460. The van der Waals surface area contributed by atoms with E-state index < -0.39 is 10.9 Å². The van der Waals surface area contributed by atoms with Crippen LogP contribution in [0.1, 0.15) is 86.6 Å². The Balaban J connectivity index is 2.73. The van der Waals surface area contributed by atoms with Crippen LogP contribution in [0.2, 0.25) is 0 Å². The number of unbranched alkanes of at least 4 members (excludes halogenated alkanes) is 1. The van der Waals surface area contributed by atoms with Gasteiger partial charge < -0.3 is 4.74 Å². The van der Waals surface area contributed by atoms with Crippen LogP contribution in [0.4, 0.5) is 5.69 Å². The molecule has 1 aromatic heterocycles. The Kier molecular flexibility index (Phi) is 8.08. The number of hydrogen-bond donors (Lipinski definition) is 0. The standard InChI is InChI=1S/C24H31N3O5/c1-8-10-13-26-24(32-20(28)9-2)22(17(7)25-26)23(29)18-11-12-19(27(30)31)21(16(18)6)15(5)14(3)4/h11-12H,8-10,13H2,1-7H3. The molecule has 0 amide bonds. The molecule has 0 aliphatic rings. The first-order valence-electron chi connectivity index (χ1n) is 10.8. The number of allylic oxidation sites excluding steroid dienone is 2. The zero-order valence-electron chi connectivity index (χ0n) is 19.9. The highest BCUT2D eigenvalue weighted by Crippen LogP contribution is 2.35. The van der Waals surface area contributed by atoms with Gasteiger partial charge in [-0.2, -0.15) is 5.10 Å². The van der Waals surface area contributed by atoms with Crippen molar-refractivity contribution in [1.29, 1.82) is 0 Å². The molecule has 0 unspecified atom stereocenters. The minimum Gasteiger partial charge on any atom is -0.407 e. The predicted octanol–water partition coefficient (Wildman–Crippen LogP) is 5.57. The summed E-state index contributed by atoms with van der Waals surface area (Å²) in [6, 6.07) is 2.82. The summed E-state index contributed by atoms with van der Waals surface area (Å²) in [6.45, 7) is 13.2. The Bertz CT molecular complexity index is 1090. The SMILES string of the molecule is CCCCn1nc(C)c(C(=O)c2ccc([N+](=O)[O-])c(C(C)=C(C)C)c2C)c1OC(=O)CC. The number of ketones is 1. The number of benzene rings is 1. The second kappa shape index (κ2) is 10.3. The van der Waals surface area contributed by atoms with E-state index in [1.54, 1.807) is 32.4 Å². The van der Waals surface area contributed by atoms with Crippen LogP contribution in [-0.4, -0.2) is 26.5 Å². The number of carbonyl (C=O) groups excluding carboxylic acids is 2. The van der Waals surface area contributed by atoms with Gasteiger partial charge in [-0.25, -0.2) is 4.68 Å². The molecule has 0 atom stereocenters. The lowest BCUT2D eigenvalue weighted by molar-refractivity contribution is -0.385. The van der Waals surface area contributed by atoms with Gasteiger partial charge in [0.05, 0.1) is 16.2 Å². The van der Waals surface area contributed by atoms with Crippen molar-refractivity contribution in [3.8, 4) is 5.88 Å². The first-order chi connectivity index (χ1) is 15.0. The smallest absolute Gasteiger partial charge is 0.312 e. The number of carbonyl (C=O) groups is 2. The molecule has 0 spiro atoms. The number of nitro benzene ring substituents is 1. The third kappa shape index (κ3) is 4.95. The molecule has 1 heterocycles. The lowest BCUT2D eigenvalue weighted by Gasteiger charge is -2.14. The number of nitro groups is 1. The van der Waals surface area contributed by atoms with Crippen LogP contribution < -0.4 is 4.74 Å². The molecule has 0 aliphatic heterocycles. The highest BCUT2D eigenvalue weighted by molar-refractivity contribution is 6.13. The summed E-state index contributed by atoms with van der Waals surface area (Å²) in [5.41, 5.74) is 3.53. The van der Waals surface area contributed by atoms with Crippen LogP contribution in [0.3, 0.4) is 0 Å². The molecule has 8 heteroatoms. The van der Waals surface area contributed by atoms with Crippen LogP contribution in [-0.2, 0) is 11.3 Å². The Morgan fingerprint density at radius 1 is 1.12 bits per heavy atom. The lowest BCUT2D eigenvalue weighted by Crippen LogP contribution is -2.15. The van der Waals surface area contributed by atoms with Crippen LogP contribution in [0, 0.1) is 24.0 Å². The first kappa shape index (κ1) is 25.0. The van der Waals surface area contributed by atoms with E-state index in [4.69, 9.17) is 4.74 Å². The quantitative estimate of drug-likeness (QED) is 0.218. The van der Waals surface area contributed by atoms with E-state index in [2.05, 4.69) is 5.10 Å². The van der Waals surface area contributed by atoms with Gasteiger partial charge in [-0.05, 0) is 58.2 Å². The molecule has 0 saturated carbocycles. The summed E-state index contributed by atoms with van der Waals surface area (Å²) in [7, 11) is 0. The highest BCUT2D eigenvalue weighted by Gasteiger charge is 2.29. The van der Waals surface area contributed by atoms with Crippen molar-refractivity contribution in [1.82, 2.24) is 9.78 Å². The third-order valence-corrected chi connectivity index (χ3v) is 5.54. The average Bonchev–Trinajstić information content (AvgIpc) is 3.05. The lowest BCUT2D eigenvalue weighted by atomic mass is 9.90. The molecule has 0 radical (unpaired) electrons. The van der Waals surface area contributed by atoms with Crippen molar-refractivity contribution in [2.45, 2.75) is 74.3 Å². The summed E-state index contributed by atoms with van der Waals surface area (Å²) in [6.07, 6.45) is 1.88. The van der Waals surface area contributed by atoms with E-state index in [0.717, 1.165) is 24.0 Å². The Morgan fingerprint density at radius 2 is 1.78 bits per heavy atom. The summed E-state index contributed by atoms with van der Waals surface area (Å²) in [5.74, 6) is -0.705. The monoisotopic (exact) mass is 441 g/mol. The van der Waals surface area contributed by atoms with Crippen LogP contribution in [0.15, 0.2) is 17.7 Å². The summed E-state index contributed by atoms with van der Waals surface area (Å²) in [5, 5.41) is 16.1. The number of rotatable bonds is 9. The molecule has 0 bridgehead atoms. The molecule has 2 aromatic rings. The largest absolute Gasteiger partial charge is 0.407 e. The van der Waals surface area contributed by atoms with E-state index in [0.29, 0.717) is 28.9 Å². The summed E-state index contributed by atoms with van der Waals surface area (Å²) in [4.78, 5) is 36.9. The number of aryl methyl sites for hydroxylation is 2. The molecule has 32 heavy (non-hydrogen) atoms. The van der Waals surface area contributed by atoms with Crippen LogP contribution >= 0.6 is 0 Å². The van der Waals surface area contributed by atoms with Gasteiger partial charge in [0.1, 0.15) is 5.56 Å². The number of ether oxygens (including phenoxy) is 1. The zero-order chi connectivity index (χ0) is 24.2. The summed E-state index contributed by atoms with van der Waals surface area (Å²) >= 11 is 0. The van der Waals surface area contributed by atoms with Crippen molar-refractivity contribution in [3.63, 3.8) is 0 Å². The summed E-state index contributed by atoms with van der Waals surface area (Å²) < 4.78 is 7.09. The van der Waals surface area contributed by atoms with Gasteiger partial charge in [0.15, 0.2) is 0 Å². The molecule has 0 aliphatic carbocycles. The van der Waals surface area contributed by atoms with E-state index in [1.807, 2.05) is 20.8 Å². The van der Waals surface area contributed by atoms with E-state index in [-0.39, 0.29) is 29.3 Å². The number of nitrogens with zero attached hydrogens (tertiary/aromatic N) is 3. The molecule has 1 aromatic carbocycles. The Hall–Kier alpha value is -3.29. The van der Waals surface area contributed by atoms with Crippen molar-refractivity contribution in [2.24, 2.45) is 0 Å². The van der Waals surface area contributed by atoms with Crippen molar-refractivity contribution < 1.29 is 19.2 Å². The zero-order valence-corrected chi connectivity index (χ0v) is 19.9. The molecule has 0 N–H and O–H groups in total. The second-order valence-electron chi connectivity index (χ2n) is 8.01. The minimum absolute atomic E-state index is 0.0502. The van der Waals surface area contributed by atoms with Gasteiger partial charge in [0, 0.05) is 24.6 Å². The van der Waals surface area contributed by atoms with Crippen LogP contribution in [0.5, 0.6) is 5.88 Å². The maximum Gasteiger partial charge on any atom is 0.312 e. The van der Waals surface area contributed by atoms with E-state index >= 15 is 0 Å². The Morgan fingerprint density at radius 3 is 2.31 bits per heavy atom. The molecule has 8 nitrogen and oxygen atoms in total. The molecular formula is C24H31N3O5. The first-order valence-corrected chi connectivity index (χ1v) is 10.8. The second-order valence-corrected chi connectivity index (χ2v) is 8.01. The molecule has 2 rings (SSSR count). The molecule has 0 fully saturated rings. The van der Waals surface area contributed by atoms with Gasteiger partial charge in [0.2, 0.25) is 11.7 Å². The van der Waals surface area contributed by atoms with Crippen molar-refractivity contribution in [2.75, 3.05) is 0 Å². The molecular weight excluding hydrogens is 410 g/mol. The number of hydrogen-bond acceptors (Lipinski definition) is 6. The molecule has 0 saturated heterocycles. The maximum absolute atomic E-state index is 13.7. The fourth-order valence-corrected chi connectivity index (χ4v) is 3.52. The topological polar surface area (TPSA) is 104 Å². The van der Waals surface area contributed by atoms with E-state index in [1.165, 1.54) is 12.1 Å². The van der Waals surface area contributed by atoms with Gasteiger partial charge in [-0.15, -0.1) is 0 Å². The Labute approximate surface area is 188 Å². The number of aromatic nitrogens is 2. The average molecular weight is 442 g/mol. The van der Waals surface area contributed by atoms with E-state index in [9.17, 15) is 19.7 Å². The van der Waals surface area contributed by atoms with Crippen molar-refractivity contribution >= 4 is 23.0 Å². The van der Waals surface area contributed by atoms with Gasteiger partial charge >= 0.3 is 5.97 Å². The van der Waals surface area contributed by atoms with Gasteiger partial charge in [0.25, 0.3) is 5.69 Å². The predicted molar refractivity (Wildman–Crippen MR) is 123 cm³/mol. The van der Waals surface area contributed by atoms with Crippen molar-refractivity contribution in [3.05, 3.63) is 55.8 Å². The van der Waals surface area contributed by atoms with Gasteiger partial charge in [-0.3, -0.25) is 19.7 Å². The third-order valence-electron chi connectivity index (χ3n) is 5.54. The fourth-order valence-electron chi connectivity index (χ4n) is 3.52. The maximum atomic E-state index is 13.7. The van der Waals surface area contributed by atoms with Gasteiger partial charge in [-0.1, -0.05) is 25.8 Å². The molecule has 172 valence electrons. The fraction of sp³-hybridized carbons (Fsp3) is 0.458.